The highest BCUT2D eigenvalue weighted by molar-refractivity contribution is 7.14. The molecule has 0 aliphatic heterocycles. The van der Waals surface area contributed by atoms with Gasteiger partial charge in [0.1, 0.15) is 11.9 Å². The van der Waals surface area contributed by atoms with Crippen LogP contribution in [-0.4, -0.2) is 51.3 Å². The largest absolute Gasteiger partial charge is 0.376 e. The summed E-state index contributed by atoms with van der Waals surface area (Å²) in [6.07, 6.45) is 3.85. The van der Waals surface area contributed by atoms with Crippen LogP contribution in [-0.2, 0) is 15.3 Å². The third-order valence-corrected chi connectivity index (χ3v) is 7.10. The van der Waals surface area contributed by atoms with E-state index in [1.807, 2.05) is 25.1 Å². The van der Waals surface area contributed by atoms with E-state index in [4.69, 9.17) is 4.74 Å². The molecule has 3 aromatic rings. The Balaban J connectivity index is 0.000000454. The fraction of sp³-hybridized carbons (Fsp3) is 0.533. The maximum absolute atomic E-state index is 14.3. The summed E-state index contributed by atoms with van der Waals surface area (Å²) in [5, 5.41) is 7.21. The molecule has 3 rings (SSSR count). The lowest BCUT2D eigenvalue weighted by Crippen LogP contribution is -2.34. The summed E-state index contributed by atoms with van der Waals surface area (Å²) in [5.41, 5.74) is 2.32. The minimum atomic E-state index is -2.27. The fourth-order valence-corrected chi connectivity index (χ4v) is 4.50. The van der Waals surface area contributed by atoms with Crippen LogP contribution >= 0.6 is 11.3 Å². The third kappa shape index (κ3) is 11.0. The Bertz CT molecular complexity index is 1260. The number of rotatable bonds is 12. The van der Waals surface area contributed by atoms with Crippen LogP contribution in [0.25, 0.3) is 11.4 Å². The minimum Gasteiger partial charge on any atom is -0.376 e. The number of carbonyl (C=O) groups is 2. The number of thiazole rings is 1. The van der Waals surface area contributed by atoms with E-state index in [-0.39, 0.29) is 12.1 Å². The lowest BCUT2D eigenvalue weighted by atomic mass is 10.1. The predicted molar refractivity (Wildman–Crippen MR) is 161 cm³/mol. The van der Waals surface area contributed by atoms with Crippen molar-refractivity contribution in [2.75, 3.05) is 11.9 Å². The lowest BCUT2D eigenvalue weighted by molar-refractivity contribution is -0.115. The number of nitrogens with one attached hydrogen (secondary N) is 2. The molecule has 41 heavy (non-hydrogen) atoms. The molecule has 0 aromatic carbocycles. The molecule has 3 heterocycles. The number of hydrogen-bond donors (Lipinski definition) is 2. The molecule has 0 saturated carbocycles. The van der Waals surface area contributed by atoms with Crippen molar-refractivity contribution in [1.82, 2.24) is 19.9 Å². The number of aryl methyl sites for hydroxylation is 1. The van der Waals surface area contributed by atoms with E-state index in [0.717, 1.165) is 36.4 Å². The first-order valence-corrected chi connectivity index (χ1v) is 14.7. The summed E-state index contributed by atoms with van der Waals surface area (Å²) < 4.78 is 34.4. The summed E-state index contributed by atoms with van der Waals surface area (Å²) in [6.45, 7) is 14.7. The molecule has 0 bridgehead atoms. The summed E-state index contributed by atoms with van der Waals surface area (Å²) >= 11 is 1.24. The van der Waals surface area contributed by atoms with E-state index in [9.17, 15) is 18.4 Å². The Morgan fingerprint density at radius 3 is 2.41 bits per heavy atom. The van der Waals surface area contributed by atoms with Gasteiger partial charge in [0.25, 0.3) is 5.91 Å². The average Bonchev–Trinajstić information content (AvgIpc) is 3.58. The highest BCUT2D eigenvalue weighted by atomic mass is 32.1. The molecule has 0 aliphatic rings. The Morgan fingerprint density at radius 1 is 1.10 bits per heavy atom. The van der Waals surface area contributed by atoms with Crippen LogP contribution in [0, 0.1) is 12.8 Å². The van der Waals surface area contributed by atoms with Gasteiger partial charge in [-0.3, -0.25) is 14.6 Å². The molecule has 3 aromatic heterocycles. The van der Waals surface area contributed by atoms with E-state index >= 15 is 0 Å². The van der Waals surface area contributed by atoms with Crippen LogP contribution < -0.4 is 10.6 Å². The van der Waals surface area contributed by atoms with Crippen molar-refractivity contribution in [2.45, 2.75) is 92.4 Å². The van der Waals surface area contributed by atoms with Gasteiger partial charge < -0.3 is 19.9 Å². The highest BCUT2D eigenvalue weighted by Gasteiger charge is 2.33. The van der Waals surface area contributed by atoms with Gasteiger partial charge in [0, 0.05) is 23.5 Å². The third-order valence-electron chi connectivity index (χ3n) is 6.34. The van der Waals surface area contributed by atoms with Gasteiger partial charge in [-0.1, -0.05) is 26.8 Å². The van der Waals surface area contributed by atoms with Crippen LogP contribution in [0.4, 0.5) is 13.9 Å². The number of hydrogen-bond acceptors (Lipinski definition) is 6. The van der Waals surface area contributed by atoms with Crippen LogP contribution in [0.1, 0.15) is 77.4 Å². The summed E-state index contributed by atoms with van der Waals surface area (Å²) in [5.74, 6) is -2.57. The zero-order valence-electron chi connectivity index (χ0n) is 25.2. The van der Waals surface area contributed by atoms with Crippen LogP contribution in [0.15, 0.2) is 42.0 Å². The van der Waals surface area contributed by atoms with Crippen LogP contribution in [0.5, 0.6) is 0 Å². The molecule has 11 heteroatoms. The van der Waals surface area contributed by atoms with Crippen LogP contribution in [0.2, 0.25) is 0 Å². The minimum absolute atomic E-state index is 0.120. The van der Waals surface area contributed by atoms with Crippen molar-refractivity contribution in [2.24, 2.45) is 5.92 Å². The normalized spacial score (nSPS) is 14.8. The first-order chi connectivity index (χ1) is 19.2. The maximum Gasteiger partial charge on any atom is 0.253 e. The van der Waals surface area contributed by atoms with E-state index in [1.165, 1.54) is 36.2 Å². The predicted octanol–water partition coefficient (Wildman–Crippen LogP) is 6.92. The molecule has 0 spiro atoms. The van der Waals surface area contributed by atoms with Crippen molar-refractivity contribution in [3.05, 3.63) is 53.3 Å². The Kier molecular flexibility index (Phi) is 13.0. The summed E-state index contributed by atoms with van der Waals surface area (Å²) in [6, 6.07) is 6.93. The van der Waals surface area contributed by atoms with E-state index in [0.29, 0.717) is 28.7 Å². The Labute approximate surface area is 245 Å². The lowest BCUT2D eigenvalue weighted by Gasteiger charge is -2.23. The van der Waals surface area contributed by atoms with E-state index in [1.54, 1.807) is 5.38 Å². The standard InChI is InChI=1S/C20H21F2N5O2S.C10H22O/c1-12-5-4-6-15(24-12)16-11-30-19(25-16)26-17(28)9-23-18(29)14-7-8-27(10-14)20(3,22)13(2)21;1-6-9(4)11-10(5)7-8(2)3/h4-8,10-11,13H,9H2,1-3H3,(H,23,29)(H,25,26,28);8-10H,6-7H2,1-5H3. The van der Waals surface area contributed by atoms with Gasteiger partial charge >= 0.3 is 0 Å². The van der Waals surface area contributed by atoms with Gasteiger partial charge in [-0.15, -0.1) is 11.3 Å². The second-order valence-electron chi connectivity index (χ2n) is 10.7. The smallest absolute Gasteiger partial charge is 0.253 e. The SMILES string of the molecule is CCC(C)OC(C)CC(C)C.Cc1cccc(-c2csc(NC(=O)CNC(=O)c3ccn(C(C)(F)C(C)F)c3)n2)n1. The number of alkyl halides is 2. The van der Waals surface area contributed by atoms with Gasteiger partial charge in [-0.2, -0.15) is 0 Å². The average molecular weight is 592 g/mol. The van der Waals surface area contributed by atoms with Gasteiger partial charge in [0.05, 0.1) is 30.0 Å². The molecule has 0 fully saturated rings. The van der Waals surface area contributed by atoms with Crippen molar-refractivity contribution in [1.29, 1.82) is 0 Å². The van der Waals surface area contributed by atoms with Crippen molar-refractivity contribution in [3.8, 4) is 11.4 Å². The maximum atomic E-state index is 14.3. The molecule has 2 amide bonds. The zero-order chi connectivity index (χ0) is 30.7. The molecular formula is C30H43F2N5O3S. The molecular weight excluding hydrogens is 548 g/mol. The fourth-order valence-electron chi connectivity index (χ4n) is 3.78. The monoisotopic (exact) mass is 591 g/mol. The van der Waals surface area contributed by atoms with E-state index < -0.39 is 23.8 Å². The number of carbonyl (C=O) groups excluding carboxylic acids is 2. The zero-order valence-corrected chi connectivity index (χ0v) is 26.0. The molecule has 0 saturated heterocycles. The number of amides is 2. The van der Waals surface area contributed by atoms with Gasteiger partial charge in [0.2, 0.25) is 11.7 Å². The molecule has 226 valence electrons. The molecule has 0 aliphatic carbocycles. The van der Waals surface area contributed by atoms with Gasteiger partial charge in [-0.05, 0) is 71.6 Å². The number of anilines is 1. The van der Waals surface area contributed by atoms with Gasteiger partial charge in [0.15, 0.2) is 5.13 Å². The van der Waals surface area contributed by atoms with Crippen molar-refractivity contribution < 1.29 is 23.1 Å². The highest BCUT2D eigenvalue weighted by Crippen LogP contribution is 2.26. The van der Waals surface area contributed by atoms with Gasteiger partial charge in [-0.25, -0.2) is 13.8 Å². The van der Waals surface area contributed by atoms with Crippen LogP contribution in [0.3, 0.4) is 0 Å². The molecule has 4 atom stereocenters. The number of halogens is 2. The first kappa shape index (κ1) is 34.0. The van der Waals surface area contributed by atoms with Crippen molar-refractivity contribution >= 4 is 28.3 Å². The second-order valence-corrected chi connectivity index (χ2v) is 11.5. The second kappa shape index (κ2) is 15.7. The topological polar surface area (TPSA) is 98.1 Å². The number of aromatic nitrogens is 3. The van der Waals surface area contributed by atoms with Crippen molar-refractivity contribution in [3.63, 3.8) is 0 Å². The summed E-state index contributed by atoms with van der Waals surface area (Å²) in [7, 11) is 0. The Morgan fingerprint density at radius 2 is 1.80 bits per heavy atom. The quantitative estimate of drug-likeness (QED) is 0.238. The first-order valence-electron chi connectivity index (χ1n) is 13.9. The van der Waals surface area contributed by atoms with E-state index in [2.05, 4.69) is 55.2 Å². The Hall–Kier alpha value is -3.18. The molecule has 0 radical (unpaired) electrons. The number of nitrogens with zero attached hydrogens (tertiary/aromatic N) is 3. The molecule has 4 unspecified atom stereocenters. The molecule has 2 N–H and O–H groups in total. The molecule has 8 nitrogen and oxygen atoms in total. The number of ether oxygens (including phenoxy) is 1. The number of pyridine rings is 1. The summed E-state index contributed by atoms with van der Waals surface area (Å²) in [4.78, 5) is 33.0.